The lowest BCUT2D eigenvalue weighted by molar-refractivity contribution is 0.102. The molecule has 1 aromatic carbocycles. The Labute approximate surface area is 120 Å². The molecule has 0 amide bonds. The fraction of sp³-hybridized carbons (Fsp3) is 0.600. The normalized spacial score (nSPS) is 17.9. The predicted molar refractivity (Wildman–Crippen MR) is 81.6 cm³/mol. The minimum atomic E-state index is -0.544. The molecule has 1 saturated carbocycles. The lowest BCUT2D eigenvalue weighted by Crippen LogP contribution is -2.39. The Balaban J connectivity index is 1.71. The third-order valence-electron chi connectivity index (χ3n) is 3.78. The van der Waals surface area contributed by atoms with Crippen LogP contribution in [0.5, 0.6) is 5.75 Å². The Morgan fingerprint density at radius 2 is 2.00 bits per heavy atom. The van der Waals surface area contributed by atoms with Gasteiger partial charge in [0.15, 0.2) is 0 Å². The van der Waals surface area contributed by atoms with Gasteiger partial charge in [-0.25, -0.2) is 0 Å². The highest BCUT2D eigenvalue weighted by Crippen LogP contribution is 2.26. The first kappa shape index (κ1) is 14.9. The van der Waals surface area contributed by atoms with Gasteiger partial charge in [0, 0.05) is 12.6 Å². The number of aliphatic hydroxyl groups is 1. The Kier molecular flexibility index (Phi) is 5.49. The number of nitrogen functional groups attached to an aromatic ring is 2. The number of ether oxygens (including phenoxy) is 1. The zero-order chi connectivity index (χ0) is 14.4. The van der Waals surface area contributed by atoms with E-state index in [0.717, 1.165) is 0 Å². The number of nitrogens with two attached hydrogens (primary N) is 2. The molecule has 2 rings (SSSR count). The van der Waals surface area contributed by atoms with Crippen molar-refractivity contribution in [1.29, 1.82) is 0 Å². The molecule has 1 aliphatic carbocycles. The van der Waals surface area contributed by atoms with Crippen molar-refractivity contribution in [2.75, 3.05) is 24.6 Å². The van der Waals surface area contributed by atoms with Crippen molar-refractivity contribution in [3.8, 4) is 5.75 Å². The first-order chi connectivity index (χ1) is 9.66. The van der Waals surface area contributed by atoms with Gasteiger partial charge in [-0.1, -0.05) is 25.3 Å². The molecule has 5 heteroatoms. The summed E-state index contributed by atoms with van der Waals surface area (Å²) in [5.74, 6) is 0.529. The van der Waals surface area contributed by atoms with Crippen LogP contribution >= 0.6 is 0 Å². The van der Waals surface area contributed by atoms with Crippen LogP contribution in [0.1, 0.15) is 32.1 Å². The summed E-state index contributed by atoms with van der Waals surface area (Å²) in [5.41, 5.74) is 12.4. The zero-order valence-electron chi connectivity index (χ0n) is 11.8. The average Bonchev–Trinajstić information content (AvgIpc) is 2.48. The number of benzene rings is 1. The predicted octanol–water partition coefficient (Wildman–Crippen LogP) is 1.51. The summed E-state index contributed by atoms with van der Waals surface area (Å²) in [6, 6.07) is 5.81. The monoisotopic (exact) mass is 279 g/mol. The largest absolute Gasteiger partial charge is 0.489 e. The van der Waals surface area contributed by atoms with Crippen LogP contribution in [0.4, 0.5) is 11.4 Å². The number of rotatable bonds is 6. The maximum Gasteiger partial charge on any atom is 0.144 e. The highest BCUT2D eigenvalue weighted by molar-refractivity contribution is 5.70. The van der Waals surface area contributed by atoms with E-state index in [0.29, 0.717) is 29.7 Å². The number of hydrogen-bond donors (Lipinski definition) is 4. The Morgan fingerprint density at radius 1 is 1.25 bits per heavy atom. The van der Waals surface area contributed by atoms with Gasteiger partial charge in [0.2, 0.25) is 0 Å². The average molecular weight is 279 g/mol. The smallest absolute Gasteiger partial charge is 0.144 e. The van der Waals surface area contributed by atoms with Crippen LogP contribution < -0.4 is 21.5 Å². The molecule has 0 spiro atoms. The summed E-state index contributed by atoms with van der Waals surface area (Å²) in [6.45, 7) is 0.764. The summed E-state index contributed by atoms with van der Waals surface area (Å²) in [7, 11) is 0. The standard InChI is InChI=1S/C15H25N3O2/c16-13-7-4-8-14(15(13)17)20-10-12(19)9-18-11-5-2-1-3-6-11/h4,7-8,11-12,18-19H,1-3,5-6,9-10,16-17H2. The van der Waals surface area contributed by atoms with Crippen LogP contribution in [0.2, 0.25) is 0 Å². The molecule has 20 heavy (non-hydrogen) atoms. The van der Waals surface area contributed by atoms with Crippen LogP contribution in [0.15, 0.2) is 18.2 Å². The van der Waals surface area contributed by atoms with Gasteiger partial charge in [-0.15, -0.1) is 0 Å². The zero-order valence-corrected chi connectivity index (χ0v) is 11.8. The quantitative estimate of drug-likeness (QED) is 0.592. The third-order valence-corrected chi connectivity index (χ3v) is 3.78. The molecule has 112 valence electrons. The number of nitrogens with one attached hydrogen (secondary N) is 1. The molecular formula is C15H25N3O2. The molecule has 1 atom stereocenters. The van der Waals surface area contributed by atoms with Gasteiger partial charge in [0.25, 0.3) is 0 Å². The molecule has 0 aliphatic heterocycles. The fourth-order valence-electron chi connectivity index (χ4n) is 2.54. The number of para-hydroxylation sites is 1. The SMILES string of the molecule is Nc1cccc(OCC(O)CNC2CCCCC2)c1N. The van der Waals surface area contributed by atoms with E-state index in [4.69, 9.17) is 16.2 Å². The first-order valence-electron chi connectivity index (χ1n) is 7.35. The van der Waals surface area contributed by atoms with Gasteiger partial charge in [0.05, 0.1) is 11.4 Å². The second kappa shape index (κ2) is 7.36. The minimum absolute atomic E-state index is 0.216. The summed E-state index contributed by atoms with van der Waals surface area (Å²) in [5, 5.41) is 13.3. The van der Waals surface area contributed by atoms with Crippen LogP contribution in [0.3, 0.4) is 0 Å². The van der Waals surface area contributed by atoms with Crippen LogP contribution in [-0.2, 0) is 0 Å². The fourth-order valence-corrected chi connectivity index (χ4v) is 2.54. The Hall–Kier alpha value is -1.46. The second-order valence-electron chi connectivity index (χ2n) is 5.47. The first-order valence-corrected chi connectivity index (χ1v) is 7.35. The van der Waals surface area contributed by atoms with E-state index in [-0.39, 0.29) is 6.61 Å². The van der Waals surface area contributed by atoms with E-state index >= 15 is 0 Å². The second-order valence-corrected chi connectivity index (χ2v) is 5.47. The number of hydrogen-bond acceptors (Lipinski definition) is 5. The highest BCUT2D eigenvalue weighted by Gasteiger charge is 2.15. The Morgan fingerprint density at radius 3 is 2.75 bits per heavy atom. The molecule has 1 fully saturated rings. The van der Waals surface area contributed by atoms with E-state index < -0.39 is 6.10 Å². The summed E-state index contributed by atoms with van der Waals surface area (Å²) >= 11 is 0. The number of anilines is 2. The molecule has 5 nitrogen and oxygen atoms in total. The van der Waals surface area contributed by atoms with E-state index in [1.807, 2.05) is 0 Å². The van der Waals surface area contributed by atoms with Gasteiger partial charge in [-0.2, -0.15) is 0 Å². The topological polar surface area (TPSA) is 93.5 Å². The molecular weight excluding hydrogens is 254 g/mol. The van der Waals surface area contributed by atoms with Crippen LogP contribution in [0, 0.1) is 0 Å². The summed E-state index contributed by atoms with van der Waals surface area (Å²) < 4.78 is 5.52. The molecule has 0 saturated heterocycles. The van der Waals surface area contributed by atoms with Crippen LogP contribution in [0.25, 0.3) is 0 Å². The van der Waals surface area contributed by atoms with Crippen LogP contribution in [-0.4, -0.2) is 30.4 Å². The summed E-state index contributed by atoms with van der Waals surface area (Å²) in [6.07, 6.45) is 5.76. The van der Waals surface area contributed by atoms with Crippen molar-refractivity contribution in [3.05, 3.63) is 18.2 Å². The molecule has 1 aromatic rings. The lowest BCUT2D eigenvalue weighted by atomic mass is 9.95. The van der Waals surface area contributed by atoms with Crippen molar-refractivity contribution in [2.45, 2.75) is 44.2 Å². The van der Waals surface area contributed by atoms with Crippen molar-refractivity contribution >= 4 is 11.4 Å². The molecule has 0 bridgehead atoms. The van der Waals surface area contributed by atoms with Gasteiger partial charge < -0.3 is 26.6 Å². The summed E-state index contributed by atoms with van der Waals surface area (Å²) in [4.78, 5) is 0. The van der Waals surface area contributed by atoms with Gasteiger partial charge >= 0.3 is 0 Å². The van der Waals surface area contributed by atoms with Gasteiger partial charge in [-0.3, -0.25) is 0 Å². The lowest BCUT2D eigenvalue weighted by Gasteiger charge is -2.24. The molecule has 1 unspecified atom stereocenters. The highest BCUT2D eigenvalue weighted by atomic mass is 16.5. The molecule has 1 aliphatic rings. The maximum atomic E-state index is 9.94. The van der Waals surface area contributed by atoms with Crippen molar-refractivity contribution in [3.63, 3.8) is 0 Å². The Bertz CT molecular complexity index is 420. The maximum absolute atomic E-state index is 9.94. The van der Waals surface area contributed by atoms with Crippen molar-refractivity contribution < 1.29 is 9.84 Å². The molecule has 0 aromatic heterocycles. The van der Waals surface area contributed by atoms with Gasteiger partial charge in [0.1, 0.15) is 18.5 Å². The number of aliphatic hydroxyl groups excluding tert-OH is 1. The van der Waals surface area contributed by atoms with E-state index in [1.165, 1.54) is 32.1 Å². The van der Waals surface area contributed by atoms with E-state index in [2.05, 4.69) is 5.32 Å². The molecule has 0 heterocycles. The van der Waals surface area contributed by atoms with E-state index in [9.17, 15) is 5.11 Å². The third kappa shape index (κ3) is 4.28. The van der Waals surface area contributed by atoms with Crippen molar-refractivity contribution in [1.82, 2.24) is 5.32 Å². The minimum Gasteiger partial charge on any atom is -0.489 e. The van der Waals surface area contributed by atoms with Crippen molar-refractivity contribution in [2.24, 2.45) is 0 Å². The van der Waals surface area contributed by atoms with Gasteiger partial charge in [-0.05, 0) is 25.0 Å². The molecule has 0 radical (unpaired) electrons. The van der Waals surface area contributed by atoms with E-state index in [1.54, 1.807) is 18.2 Å². The molecule has 6 N–H and O–H groups in total.